The van der Waals surface area contributed by atoms with Gasteiger partial charge in [0.2, 0.25) is 0 Å². The minimum atomic E-state index is -1.62. The molecular weight excluding hydrogens is 461 g/mol. The van der Waals surface area contributed by atoms with Crippen LogP contribution in [-0.2, 0) is 5.60 Å². The van der Waals surface area contributed by atoms with Gasteiger partial charge in [-0.2, -0.15) is 0 Å². The smallest absolute Gasteiger partial charge is 0.144 e. The average Bonchev–Trinajstić information content (AvgIpc) is 2.81. The normalized spacial score (nSPS) is 12.8. The SMILES string of the molecule is COc1ccccc1C(O)(c1ccccc1OC)C(N=Cc1cc(Cl)cc(Cl)c1O)C(C)C. The van der Waals surface area contributed by atoms with Crippen LogP contribution in [0.2, 0.25) is 10.0 Å². The Kier molecular flexibility index (Phi) is 7.90. The van der Waals surface area contributed by atoms with Gasteiger partial charge in [-0.15, -0.1) is 0 Å². The summed E-state index contributed by atoms with van der Waals surface area (Å²) in [6.07, 6.45) is 1.48. The van der Waals surface area contributed by atoms with Crippen molar-refractivity contribution in [1.82, 2.24) is 0 Å². The van der Waals surface area contributed by atoms with Gasteiger partial charge in [-0.25, -0.2) is 0 Å². The fraction of sp³-hybridized carbons (Fsp3) is 0.269. The molecule has 1 atom stereocenters. The standard InChI is InChI=1S/C26H27Cl2NO4/c1-16(2)25(29-15-17-13-18(27)14-21(28)24(17)30)26(31,19-9-5-7-11-22(19)32-3)20-10-6-8-12-23(20)33-4/h5-16,25,30-31H,1-4H3. The lowest BCUT2D eigenvalue weighted by Gasteiger charge is -2.38. The van der Waals surface area contributed by atoms with Crippen LogP contribution in [0.1, 0.15) is 30.5 Å². The van der Waals surface area contributed by atoms with Gasteiger partial charge in [-0.3, -0.25) is 4.99 Å². The van der Waals surface area contributed by atoms with Gasteiger partial charge in [0.05, 0.1) is 25.3 Å². The molecule has 0 saturated heterocycles. The van der Waals surface area contributed by atoms with E-state index in [4.69, 9.17) is 37.7 Å². The second kappa shape index (κ2) is 10.5. The molecule has 3 aromatic carbocycles. The zero-order valence-corrected chi connectivity index (χ0v) is 20.4. The highest BCUT2D eigenvalue weighted by Crippen LogP contribution is 2.45. The van der Waals surface area contributed by atoms with Gasteiger partial charge in [-0.1, -0.05) is 73.4 Å². The minimum absolute atomic E-state index is 0.120. The lowest BCUT2D eigenvalue weighted by atomic mass is 9.75. The summed E-state index contributed by atoms with van der Waals surface area (Å²) in [5.41, 5.74) is -0.190. The molecule has 33 heavy (non-hydrogen) atoms. The molecule has 0 aliphatic rings. The van der Waals surface area contributed by atoms with Crippen molar-refractivity contribution in [2.45, 2.75) is 25.5 Å². The Balaban J connectivity index is 2.27. The Morgan fingerprint density at radius 3 is 1.91 bits per heavy atom. The summed E-state index contributed by atoms with van der Waals surface area (Å²) >= 11 is 12.2. The number of halogens is 2. The Hall–Kier alpha value is -2.73. The van der Waals surface area contributed by atoms with E-state index in [1.165, 1.54) is 12.3 Å². The molecule has 0 aliphatic carbocycles. The van der Waals surface area contributed by atoms with E-state index in [1.807, 2.05) is 50.2 Å². The Bertz CT molecular complexity index is 1100. The molecule has 0 saturated carbocycles. The number of benzene rings is 3. The van der Waals surface area contributed by atoms with Gasteiger partial charge in [0, 0.05) is 27.9 Å². The first-order chi connectivity index (χ1) is 15.7. The monoisotopic (exact) mass is 487 g/mol. The summed E-state index contributed by atoms with van der Waals surface area (Å²) in [7, 11) is 3.11. The highest BCUT2D eigenvalue weighted by atomic mass is 35.5. The van der Waals surface area contributed by atoms with Crippen molar-refractivity contribution in [3.8, 4) is 17.2 Å². The molecule has 0 spiro atoms. The molecule has 2 N–H and O–H groups in total. The van der Waals surface area contributed by atoms with Gasteiger partial charge >= 0.3 is 0 Å². The predicted molar refractivity (Wildman–Crippen MR) is 133 cm³/mol. The molecule has 5 nitrogen and oxygen atoms in total. The van der Waals surface area contributed by atoms with Crippen LogP contribution in [0.25, 0.3) is 0 Å². The van der Waals surface area contributed by atoms with Gasteiger partial charge in [0.1, 0.15) is 22.8 Å². The molecular formula is C26H27Cl2NO4. The first-order valence-electron chi connectivity index (χ1n) is 10.4. The number of para-hydroxylation sites is 2. The number of rotatable bonds is 8. The number of methoxy groups -OCH3 is 2. The van der Waals surface area contributed by atoms with Crippen molar-refractivity contribution < 1.29 is 19.7 Å². The molecule has 0 radical (unpaired) electrons. The molecule has 7 heteroatoms. The number of ether oxygens (including phenoxy) is 2. The highest BCUT2D eigenvalue weighted by Gasteiger charge is 2.45. The van der Waals surface area contributed by atoms with Gasteiger partial charge in [0.25, 0.3) is 0 Å². The van der Waals surface area contributed by atoms with Crippen LogP contribution < -0.4 is 9.47 Å². The van der Waals surface area contributed by atoms with Crippen LogP contribution in [0.5, 0.6) is 17.2 Å². The maximum atomic E-state index is 12.5. The van der Waals surface area contributed by atoms with Crippen LogP contribution >= 0.6 is 23.2 Å². The van der Waals surface area contributed by atoms with Crippen LogP contribution in [0.3, 0.4) is 0 Å². The highest BCUT2D eigenvalue weighted by molar-refractivity contribution is 6.36. The molecule has 0 bridgehead atoms. The number of nitrogens with zero attached hydrogens (tertiary/aromatic N) is 1. The number of phenols is 1. The number of aliphatic hydroxyl groups is 1. The lowest BCUT2D eigenvalue weighted by molar-refractivity contribution is 0.0321. The molecule has 0 amide bonds. The predicted octanol–water partition coefficient (Wildman–Crippen LogP) is 6.10. The Labute approximate surface area is 204 Å². The fourth-order valence-electron chi connectivity index (χ4n) is 3.99. The van der Waals surface area contributed by atoms with E-state index in [2.05, 4.69) is 0 Å². The van der Waals surface area contributed by atoms with Gasteiger partial charge in [0.15, 0.2) is 0 Å². The Morgan fingerprint density at radius 1 is 0.909 bits per heavy atom. The van der Waals surface area contributed by atoms with Crippen LogP contribution in [0, 0.1) is 5.92 Å². The van der Waals surface area contributed by atoms with Crippen LogP contribution in [0.4, 0.5) is 0 Å². The van der Waals surface area contributed by atoms with Crippen LogP contribution in [0.15, 0.2) is 65.7 Å². The van der Waals surface area contributed by atoms with E-state index in [0.29, 0.717) is 33.2 Å². The summed E-state index contributed by atoms with van der Waals surface area (Å²) in [6, 6.07) is 16.9. The van der Waals surface area contributed by atoms with Crippen molar-refractivity contribution in [3.63, 3.8) is 0 Å². The first-order valence-corrected chi connectivity index (χ1v) is 11.2. The summed E-state index contributed by atoms with van der Waals surface area (Å²) < 4.78 is 11.2. The zero-order chi connectivity index (χ0) is 24.2. The molecule has 3 rings (SSSR count). The third-order valence-corrected chi connectivity index (χ3v) is 6.03. The second-order valence-corrected chi connectivity index (χ2v) is 8.80. The van der Waals surface area contributed by atoms with Crippen molar-refractivity contribution in [2.75, 3.05) is 14.2 Å². The van der Waals surface area contributed by atoms with Crippen LogP contribution in [-0.4, -0.2) is 36.7 Å². The number of hydrogen-bond acceptors (Lipinski definition) is 5. The average molecular weight is 488 g/mol. The van der Waals surface area contributed by atoms with E-state index in [1.54, 1.807) is 32.4 Å². The van der Waals surface area contributed by atoms with Crippen molar-refractivity contribution in [3.05, 3.63) is 87.4 Å². The quantitative estimate of drug-likeness (QED) is 0.376. The number of phenolic OH excluding ortho intramolecular Hbond substituents is 1. The third kappa shape index (κ3) is 4.96. The number of hydrogen-bond donors (Lipinski definition) is 2. The number of aromatic hydroxyl groups is 1. The molecule has 0 aromatic heterocycles. The molecule has 0 aliphatic heterocycles. The maximum absolute atomic E-state index is 12.5. The molecule has 1 unspecified atom stereocenters. The first kappa shape index (κ1) is 24.9. The van der Waals surface area contributed by atoms with Crippen molar-refractivity contribution in [2.24, 2.45) is 10.9 Å². The van der Waals surface area contributed by atoms with Crippen molar-refractivity contribution in [1.29, 1.82) is 0 Å². The van der Waals surface area contributed by atoms with Gasteiger partial charge < -0.3 is 19.7 Å². The summed E-state index contributed by atoms with van der Waals surface area (Å²) in [5.74, 6) is 0.768. The summed E-state index contributed by atoms with van der Waals surface area (Å²) in [4.78, 5) is 4.75. The van der Waals surface area contributed by atoms with E-state index in [0.717, 1.165) is 0 Å². The molecule has 174 valence electrons. The van der Waals surface area contributed by atoms with E-state index < -0.39 is 11.6 Å². The zero-order valence-electron chi connectivity index (χ0n) is 18.9. The topological polar surface area (TPSA) is 71.3 Å². The van der Waals surface area contributed by atoms with E-state index >= 15 is 0 Å². The van der Waals surface area contributed by atoms with E-state index in [-0.39, 0.29) is 16.7 Å². The Morgan fingerprint density at radius 2 is 1.42 bits per heavy atom. The largest absolute Gasteiger partial charge is 0.506 e. The van der Waals surface area contributed by atoms with E-state index in [9.17, 15) is 10.2 Å². The lowest BCUT2D eigenvalue weighted by Crippen LogP contribution is -2.43. The van der Waals surface area contributed by atoms with Crippen molar-refractivity contribution >= 4 is 29.4 Å². The minimum Gasteiger partial charge on any atom is -0.506 e. The summed E-state index contributed by atoms with van der Waals surface area (Å²) in [5, 5.41) is 23.4. The second-order valence-electron chi connectivity index (χ2n) is 7.96. The molecule has 0 fully saturated rings. The number of aliphatic imine (C=N–C) groups is 1. The summed E-state index contributed by atoms with van der Waals surface area (Å²) in [6.45, 7) is 3.92. The third-order valence-electron chi connectivity index (χ3n) is 5.53. The fourth-order valence-corrected chi connectivity index (χ4v) is 4.50. The molecule has 3 aromatic rings. The molecule has 0 heterocycles. The van der Waals surface area contributed by atoms with Gasteiger partial charge in [-0.05, 0) is 30.2 Å². The maximum Gasteiger partial charge on any atom is 0.144 e.